The van der Waals surface area contributed by atoms with Crippen molar-refractivity contribution in [3.05, 3.63) is 42.5 Å². The third-order valence-corrected chi connectivity index (χ3v) is 14.0. The molecule has 2 aromatic rings. The summed E-state index contributed by atoms with van der Waals surface area (Å²) >= 11 is 0. The SMILES string of the molecule is CCOc1cc2ccccc2c(OC2CC3C(=O)NC4(C(=O)NS(=O)(=O)C5(C)CC5)CC4C=CCCC(C)CC(C)C(NC(=O)OC(C)(C)C(F)(F)F)C(=O)N3C2)n1. The molecule has 7 atom stereocenters. The van der Waals surface area contributed by atoms with Crippen molar-refractivity contribution in [2.24, 2.45) is 17.8 Å². The Morgan fingerprint density at radius 3 is 2.48 bits per heavy atom. The fraction of sp³-hybridized carbons (Fsp3) is 0.625. The fourth-order valence-corrected chi connectivity index (χ4v) is 8.97. The number of allylic oxidation sites excluding steroid dienone is 1. The fourth-order valence-electron chi connectivity index (χ4n) is 7.66. The van der Waals surface area contributed by atoms with Crippen LogP contribution in [0.25, 0.3) is 10.8 Å². The second kappa shape index (κ2) is 15.9. The van der Waals surface area contributed by atoms with Crippen molar-refractivity contribution < 1.29 is 55.0 Å². The number of ether oxygens (including phenoxy) is 3. The molecule has 2 saturated carbocycles. The number of hydrogen-bond acceptors (Lipinski definition) is 10. The molecule has 3 heterocycles. The molecule has 7 unspecified atom stereocenters. The van der Waals surface area contributed by atoms with Gasteiger partial charge in [-0.25, -0.2) is 13.2 Å². The normalized spacial score (nSPS) is 28.9. The Balaban J connectivity index is 1.36. The molecule has 4 aliphatic rings. The van der Waals surface area contributed by atoms with Gasteiger partial charge < -0.3 is 29.7 Å². The van der Waals surface area contributed by atoms with E-state index in [0.29, 0.717) is 57.9 Å². The van der Waals surface area contributed by atoms with Gasteiger partial charge in [0.2, 0.25) is 39.2 Å². The van der Waals surface area contributed by atoms with E-state index in [9.17, 15) is 40.8 Å². The summed E-state index contributed by atoms with van der Waals surface area (Å²) in [5, 5.41) is 6.56. The van der Waals surface area contributed by atoms with Crippen LogP contribution in [-0.2, 0) is 29.1 Å². The molecule has 3 N–H and O–H groups in total. The first-order valence-electron chi connectivity index (χ1n) is 19.7. The third-order valence-electron chi connectivity index (χ3n) is 11.8. The third kappa shape index (κ3) is 8.86. The van der Waals surface area contributed by atoms with E-state index in [-0.39, 0.29) is 37.1 Å². The van der Waals surface area contributed by atoms with E-state index in [0.717, 1.165) is 5.39 Å². The summed E-state index contributed by atoms with van der Waals surface area (Å²) in [6, 6.07) is 6.23. The largest absolute Gasteiger partial charge is 0.478 e. The summed E-state index contributed by atoms with van der Waals surface area (Å²) in [7, 11) is -4.08. The Morgan fingerprint density at radius 1 is 1.10 bits per heavy atom. The number of rotatable bonds is 9. The van der Waals surface area contributed by atoms with Crippen LogP contribution in [0.4, 0.5) is 18.0 Å². The van der Waals surface area contributed by atoms with Crippen LogP contribution in [-0.4, -0.2) is 95.5 Å². The zero-order valence-electron chi connectivity index (χ0n) is 33.5. The van der Waals surface area contributed by atoms with Gasteiger partial charge in [-0.05, 0) is 89.5 Å². The predicted molar refractivity (Wildman–Crippen MR) is 206 cm³/mol. The molecule has 6 rings (SSSR count). The Hall–Kier alpha value is -4.61. The van der Waals surface area contributed by atoms with E-state index >= 15 is 0 Å². The number of alkyl halides is 3. The highest BCUT2D eigenvalue weighted by Crippen LogP contribution is 2.48. The van der Waals surface area contributed by atoms with Crippen LogP contribution >= 0.6 is 0 Å². The highest BCUT2D eigenvalue weighted by Gasteiger charge is 2.63. The Morgan fingerprint density at radius 2 is 1.81 bits per heavy atom. The highest BCUT2D eigenvalue weighted by atomic mass is 32.2. The summed E-state index contributed by atoms with van der Waals surface area (Å²) in [6.07, 6.45) is -1.36. The first kappa shape index (κ1) is 43.0. The van der Waals surface area contributed by atoms with Crippen molar-refractivity contribution in [1.82, 2.24) is 25.2 Å². The first-order chi connectivity index (χ1) is 27.1. The van der Waals surface area contributed by atoms with Gasteiger partial charge in [-0.3, -0.25) is 19.1 Å². The molecule has 4 amide bonds. The molecule has 0 spiro atoms. The van der Waals surface area contributed by atoms with Crippen molar-refractivity contribution in [2.45, 2.75) is 127 Å². The maximum absolute atomic E-state index is 14.8. The summed E-state index contributed by atoms with van der Waals surface area (Å²) in [6.45, 7) is 8.45. The predicted octanol–water partition coefficient (Wildman–Crippen LogP) is 5.30. The number of alkyl carbamates (subject to hydrolysis) is 1. The van der Waals surface area contributed by atoms with Gasteiger partial charge in [-0.2, -0.15) is 18.2 Å². The molecule has 1 aromatic heterocycles. The lowest BCUT2D eigenvalue weighted by molar-refractivity contribution is -0.244. The van der Waals surface area contributed by atoms with Crippen molar-refractivity contribution in [1.29, 1.82) is 0 Å². The van der Waals surface area contributed by atoms with Gasteiger partial charge in [0.25, 0.3) is 5.91 Å². The second-order valence-corrected chi connectivity index (χ2v) is 19.1. The van der Waals surface area contributed by atoms with E-state index < -0.39 is 85.9 Å². The molecule has 14 nitrogen and oxygen atoms in total. The van der Waals surface area contributed by atoms with Crippen LogP contribution in [0.1, 0.15) is 86.5 Å². The van der Waals surface area contributed by atoms with Crippen LogP contribution in [0.3, 0.4) is 0 Å². The Bertz CT molecular complexity index is 2070. The minimum Gasteiger partial charge on any atom is -0.478 e. The van der Waals surface area contributed by atoms with Crippen molar-refractivity contribution in [2.75, 3.05) is 13.2 Å². The minimum atomic E-state index is -4.91. The van der Waals surface area contributed by atoms with E-state index in [2.05, 4.69) is 20.3 Å². The maximum atomic E-state index is 14.8. The van der Waals surface area contributed by atoms with Gasteiger partial charge in [0.05, 0.1) is 17.9 Å². The highest BCUT2D eigenvalue weighted by molar-refractivity contribution is 7.91. The Kier molecular flexibility index (Phi) is 11.8. The monoisotopic (exact) mass is 835 g/mol. The molecule has 2 aliphatic heterocycles. The van der Waals surface area contributed by atoms with Gasteiger partial charge in [-0.1, -0.05) is 44.2 Å². The topological polar surface area (TPSA) is 182 Å². The maximum Gasteiger partial charge on any atom is 0.427 e. The molecule has 1 aromatic carbocycles. The molecule has 58 heavy (non-hydrogen) atoms. The molecule has 318 valence electrons. The van der Waals surface area contributed by atoms with Crippen LogP contribution in [0.5, 0.6) is 11.8 Å². The number of fused-ring (bicyclic) bond motifs is 3. The van der Waals surface area contributed by atoms with Gasteiger partial charge >= 0.3 is 12.3 Å². The number of amides is 4. The average molecular weight is 836 g/mol. The summed E-state index contributed by atoms with van der Waals surface area (Å²) in [4.78, 5) is 62.1. The Labute approximate surface area is 336 Å². The zero-order valence-corrected chi connectivity index (χ0v) is 34.3. The zero-order chi connectivity index (χ0) is 42.4. The molecule has 18 heteroatoms. The van der Waals surface area contributed by atoms with Gasteiger partial charge in [0.1, 0.15) is 23.7 Å². The lowest BCUT2D eigenvalue weighted by Crippen LogP contribution is -2.59. The van der Waals surface area contributed by atoms with E-state index in [1.807, 2.05) is 25.1 Å². The van der Waals surface area contributed by atoms with Gasteiger partial charge in [-0.15, -0.1) is 0 Å². The number of nitrogens with zero attached hydrogens (tertiary/aromatic N) is 2. The number of hydrogen-bond donors (Lipinski definition) is 3. The number of sulfonamides is 1. The molecular formula is C40H52F3N5O9S. The summed E-state index contributed by atoms with van der Waals surface area (Å²) in [5.74, 6) is -3.24. The number of carbonyl (C=O) groups is 4. The van der Waals surface area contributed by atoms with Gasteiger partial charge in [0, 0.05) is 23.8 Å². The van der Waals surface area contributed by atoms with E-state index in [1.165, 1.54) is 11.8 Å². The molecule has 1 saturated heterocycles. The molecule has 2 aliphatic carbocycles. The number of pyridine rings is 1. The van der Waals surface area contributed by atoms with Crippen molar-refractivity contribution in [3.8, 4) is 11.8 Å². The van der Waals surface area contributed by atoms with Gasteiger partial charge in [0.15, 0.2) is 0 Å². The summed E-state index contributed by atoms with van der Waals surface area (Å²) in [5.41, 5.74) is -4.53. The number of benzene rings is 1. The van der Waals surface area contributed by atoms with E-state index in [1.54, 1.807) is 38.1 Å². The molecule has 0 bridgehead atoms. The lowest BCUT2D eigenvalue weighted by Gasteiger charge is -2.34. The molecular weight excluding hydrogens is 784 g/mol. The number of carbonyl (C=O) groups excluding carboxylic acids is 4. The van der Waals surface area contributed by atoms with Crippen LogP contribution in [0.2, 0.25) is 0 Å². The van der Waals surface area contributed by atoms with Crippen molar-refractivity contribution in [3.63, 3.8) is 0 Å². The number of halogens is 3. The van der Waals surface area contributed by atoms with Crippen LogP contribution in [0.15, 0.2) is 42.5 Å². The number of aromatic nitrogens is 1. The molecule has 0 radical (unpaired) electrons. The summed E-state index contributed by atoms with van der Waals surface area (Å²) < 4.78 is 85.6. The first-order valence-corrected chi connectivity index (χ1v) is 21.2. The second-order valence-electron chi connectivity index (χ2n) is 16.9. The van der Waals surface area contributed by atoms with Crippen molar-refractivity contribution >= 4 is 44.6 Å². The average Bonchev–Trinajstić information content (AvgIpc) is 4.01. The van der Waals surface area contributed by atoms with Crippen LogP contribution in [0, 0.1) is 17.8 Å². The lowest BCUT2D eigenvalue weighted by atomic mass is 9.88. The van der Waals surface area contributed by atoms with E-state index in [4.69, 9.17) is 14.2 Å². The number of nitrogens with one attached hydrogen (secondary N) is 3. The minimum absolute atomic E-state index is 0.0385. The standard InChI is InChI=1S/C40H52F3N5O9S/c1-7-55-30-19-25-13-9-11-15-28(25)33(44-30)56-27-20-29-32(49)46-39(35(51)47-58(53,54)38(6)16-17-38)21-26(39)14-10-8-12-23(2)18-24(3)31(34(50)48(29)22-27)45-36(52)57-37(4,5)40(41,42)43/h9-11,13-15,19,23-24,26-27,29,31H,7-8,12,16-18,20-22H2,1-6H3,(H,45,52)(H,46,49)(H,47,51). The quantitative estimate of drug-likeness (QED) is 0.281. The van der Waals surface area contributed by atoms with Crippen LogP contribution < -0.4 is 24.8 Å². The molecule has 3 fully saturated rings. The smallest absolute Gasteiger partial charge is 0.427 e.